The van der Waals surface area contributed by atoms with Crippen LogP contribution in [0.15, 0.2) is 36.7 Å². The molecule has 1 aliphatic heterocycles. The van der Waals surface area contributed by atoms with Gasteiger partial charge in [0.15, 0.2) is 8.32 Å². The molecule has 190 valence electrons. The highest BCUT2D eigenvalue weighted by Crippen LogP contribution is 2.37. The number of nitrogens with one attached hydrogen (secondary N) is 2. The molecule has 0 radical (unpaired) electrons. The molecule has 3 heterocycles. The van der Waals surface area contributed by atoms with Gasteiger partial charge in [0.25, 0.3) is 0 Å². The molecule has 7 nitrogen and oxygen atoms in total. The van der Waals surface area contributed by atoms with E-state index in [1.165, 1.54) is 0 Å². The monoisotopic (exact) mass is 503 g/mol. The molecular formula is C28H37N5O2Si. The lowest BCUT2D eigenvalue weighted by Crippen LogP contribution is -2.41. The van der Waals surface area contributed by atoms with Crippen molar-refractivity contribution in [1.82, 2.24) is 15.0 Å². The number of pyridine rings is 1. The Balaban J connectivity index is 1.50. The highest BCUT2D eigenvalue weighted by molar-refractivity contribution is 6.74. The first kappa shape index (κ1) is 26.0. The normalized spacial score (nSPS) is 13.5. The van der Waals surface area contributed by atoms with Crippen LogP contribution in [0.3, 0.4) is 0 Å². The van der Waals surface area contributed by atoms with Gasteiger partial charge in [0.2, 0.25) is 11.9 Å². The van der Waals surface area contributed by atoms with E-state index in [0.29, 0.717) is 5.95 Å². The lowest BCUT2D eigenvalue weighted by Gasteiger charge is -2.36. The Morgan fingerprint density at radius 2 is 1.89 bits per heavy atom. The molecule has 4 rings (SSSR count). The van der Waals surface area contributed by atoms with Crippen LogP contribution in [0.4, 0.5) is 17.3 Å². The quantitative estimate of drug-likeness (QED) is 0.289. The minimum atomic E-state index is -1.73. The fraction of sp³-hybridized carbons (Fsp3) is 0.429. The van der Waals surface area contributed by atoms with E-state index in [4.69, 9.17) is 9.41 Å². The maximum Gasteiger partial charge on any atom is 0.228 e. The van der Waals surface area contributed by atoms with Crippen molar-refractivity contribution in [2.24, 2.45) is 0 Å². The summed E-state index contributed by atoms with van der Waals surface area (Å²) in [6.07, 6.45) is 5.76. The number of aromatic nitrogens is 3. The molecule has 1 amide bonds. The highest BCUT2D eigenvalue weighted by atomic mass is 28.4. The van der Waals surface area contributed by atoms with Crippen molar-refractivity contribution in [2.75, 3.05) is 17.2 Å². The van der Waals surface area contributed by atoms with Crippen molar-refractivity contribution < 1.29 is 9.22 Å². The summed E-state index contributed by atoms with van der Waals surface area (Å²) in [6, 6.07) is 8.13. The van der Waals surface area contributed by atoms with Gasteiger partial charge in [-0.05, 0) is 68.1 Å². The molecule has 0 spiro atoms. The van der Waals surface area contributed by atoms with Gasteiger partial charge in [-0.2, -0.15) is 0 Å². The van der Waals surface area contributed by atoms with Crippen molar-refractivity contribution in [3.05, 3.63) is 59.0 Å². The molecule has 0 saturated heterocycles. The van der Waals surface area contributed by atoms with Crippen LogP contribution in [0.2, 0.25) is 18.1 Å². The van der Waals surface area contributed by atoms with Crippen molar-refractivity contribution in [3.8, 4) is 11.3 Å². The van der Waals surface area contributed by atoms with Gasteiger partial charge in [0, 0.05) is 30.1 Å². The summed E-state index contributed by atoms with van der Waals surface area (Å²) in [7, 11) is -1.73. The first-order valence-electron chi connectivity index (χ1n) is 12.6. The maximum absolute atomic E-state index is 12.4. The molecule has 1 aliphatic rings. The summed E-state index contributed by atoms with van der Waals surface area (Å²) in [5.41, 5.74) is 7.25. The number of carbonyl (C=O) groups is 1. The number of hydrogen-bond acceptors (Lipinski definition) is 6. The number of hydrogen-bond donors (Lipinski definition) is 2. The van der Waals surface area contributed by atoms with E-state index >= 15 is 0 Å². The summed E-state index contributed by atoms with van der Waals surface area (Å²) in [5, 5.41) is 6.56. The van der Waals surface area contributed by atoms with Gasteiger partial charge in [-0.1, -0.05) is 32.9 Å². The van der Waals surface area contributed by atoms with Crippen molar-refractivity contribution in [3.63, 3.8) is 0 Å². The summed E-state index contributed by atoms with van der Waals surface area (Å²) >= 11 is 0. The maximum atomic E-state index is 12.4. The van der Waals surface area contributed by atoms with Gasteiger partial charge >= 0.3 is 0 Å². The van der Waals surface area contributed by atoms with Crippen molar-refractivity contribution in [1.29, 1.82) is 0 Å². The third-order valence-corrected chi connectivity index (χ3v) is 11.7. The molecule has 0 aliphatic carbocycles. The van der Waals surface area contributed by atoms with E-state index in [1.807, 2.05) is 38.2 Å². The number of fused-ring (bicyclic) bond motifs is 3. The number of anilines is 3. The van der Waals surface area contributed by atoms with Crippen LogP contribution < -0.4 is 10.6 Å². The minimum Gasteiger partial charge on any atom is -0.417 e. The van der Waals surface area contributed by atoms with Crippen LogP contribution in [0.1, 0.15) is 49.6 Å². The van der Waals surface area contributed by atoms with Crippen LogP contribution in [0, 0.1) is 13.8 Å². The average Bonchev–Trinajstić information content (AvgIpc) is 2.92. The Morgan fingerprint density at radius 1 is 1.11 bits per heavy atom. The summed E-state index contributed by atoms with van der Waals surface area (Å²) in [5.74, 6) is 0.424. The van der Waals surface area contributed by atoms with Gasteiger partial charge in [-0.3, -0.25) is 9.78 Å². The number of benzene rings is 1. The van der Waals surface area contributed by atoms with Gasteiger partial charge in [-0.15, -0.1) is 0 Å². The predicted octanol–water partition coefficient (Wildman–Crippen LogP) is 6.35. The van der Waals surface area contributed by atoms with E-state index in [2.05, 4.69) is 60.5 Å². The van der Waals surface area contributed by atoms with Gasteiger partial charge < -0.3 is 15.1 Å². The average molecular weight is 504 g/mol. The Bertz CT molecular complexity index is 1280. The standard InChI is InChI=1S/C28H37N5O2Si/c1-18-10-11-22-24(13-18)31-25(34)15-21-17-30-27(33-26(21)22)32-23-14-20(16-29-19(23)2)9-8-12-35-36(6,7)28(3,4)5/h10-11,13-14,16-17H,8-9,12,15H2,1-7H3,(H,31,34)(H,30,32,33). The molecule has 0 atom stereocenters. The summed E-state index contributed by atoms with van der Waals surface area (Å²) in [6.45, 7) is 16.1. The van der Waals surface area contributed by atoms with Crippen LogP contribution in [0.25, 0.3) is 11.3 Å². The van der Waals surface area contributed by atoms with Crippen LogP contribution in [-0.2, 0) is 22.1 Å². The topological polar surface area (TPSA) is 89.0 Å². The Hall–Kier alpha value is -3.10. The first-order chi connectivity index (χ1) is 16.9. The molecule has 0 saturated carbocycles. The highest BCUT2D eigenvalue weighted by Gasteiger charge is 2.36. The predicted molar refractivity (Wildman–Crippen MR) is 148 cm³/mol. The number of rotatable bonds is 7. The number of aryl methyl sites for hydroxylation is 3. The molecule has 8 heteroatoms. The molecule has 2 N–H and O–H groups in total. The lowest BCUT2D eigenvalue weighted by atomic mass is 10.0. The second kappa shape index (κ2) is 10.1. The minimum absolute atomic E-state index is 0.0600. The van der Waals surface area contributed by atoms with E-state index in [0.717, 1.165) is 64.5 Å². The fourth-order valence-corrected chi connectivity index (χ4v) is 5.03. The molecule has 0 fully saturated rings. The largest absolute Gasteiger partial charge is 0.417 e. The van der Waals surface area contributed by atoms with Crippen LogP contribution in [0.5, 0.6) is 0 Å². The Morgan fingerprint density at radius 3 is 2.64 bits per heavy atom. The van der Waals surface area contributed by atoms with E-state index in [1.54, 1.807) is 6.20 Å². The smallest absolute Gasteiger partial charge is 0.228 e. The SMILES string of the molecule is Cc1ccc2c(c1)NC(=O)Cc1cnc(Nc3cc(CCCO[Si](C)(C)C(C)(C)C)cnc3C)nc1-2. The van der Waals surface area contributed by atoms with Gasteiger partial charge in [0.1, 0.15) is 0 Å². The summed E-state index contributed by atoms with van der Waals surface area (Å²) in [4.78, 5) is 26.3. The molecule has 0 unspecified atom stereocenters. The van der Waals surface area contributed by atoms with Gasteiger partial charge in [0.05, 0.1) is 29.2 Å². The second-order valence-corrected chi connectivity index (χ2v) is 16.0. The van der Waals surface area contributed by atoms with E-state index in [-0.39, 0.29) is 17.4 Å². The molecule has 1 aromatic carbocycles. The van der Waals surface area contributed by atoms with E-state index < -0.39 is 8.32 Å². The van der Waals surface area contributed by atoms with Gasteiger partial charge in [-0.25, -0.2) is 9.97 Å². The van der Waals surface area contributed by atoms with Crippen molar-refractivity contribution >= 4 is 31.5 Å². The zero-order chi connectivity index (χ0) is 26.1. The van der Waals surface area contributed by atoms with E-state index in [9.17, 15) is 4.79 Å². The first-order valence-corrected chi connectivity index (χ1v) is 15.5. The Labute approximate surface area is 215 Å². The van der Waals surface area contributed by atoms with Crippen LogP contribution in [-0.4, -0.2) is 35.8 Å². The van der Waals surface area contributed by atoms with Crippen LogP contribution >= 0.6 is 0 Å². The number of carbonyl (C=O) groups excluding carboxylic acids is 1. The molecule has 3 aromatic rings. The Kier molecular flexibility index (Phi) is 7.29. The molecule has 36 heavy (non-hydrogen) atoms. The summed E-state index contributed by atoms with van der Waals surface area (Å²) < 4.78 is 6.33. The van der Waals surface area contributed by atoms with Crippen molar-refractivity contribution in [2.45, 2.75) is 72.0 Å². The number of amides is 1. The molecule has 0 bridgehead atoms. The zero-order valence-corrected chi connectivity index (χ0v) is 23.5. The lowest BCUT2D eigenvalue weighted by molar-refractivity contribution is -0.115. The molecule has 2 aromatic heterocycles. The fourth-order valence-electron chi connectivity index (χ4n) is 3.95. The number of nitrogens with zero attached hydrogens (tertiary/aromatic N) is 3. The second-order valence-electron chi connectivity index (χ2n) is 11.2. The molecular weight excluding hydrogens is 466 g/mol. The third kappa shape index (κ3) is 5.82. The third-order valence-electron chi connectivity index (χ3n) is 7.19. The zero-order valence-electron chi connectivity index (χ0n) is 22.5.